The van der Waals surface area contributed by atoms with E-state index in [9.17, 15) is 4.79 Å². The summed E-state index contributed by atoms with van der Waals surface area (Å²) in [7, 11) is 1.56. The van der Waals surface area contributed by atoms with E-state index in [1.54, 1.807) is 19.5 Å². The van der Waals surface area contributed by atoms with Gasteiger partial charge in [0, 0.05) is 11.8 Å². The van der Waals surface area contributed by atoms with E-state index in [4.69, 9.17) is 4.74 Å². The van der Waals surface area contributed by atoms with E-state index in [0.717, 1.165) is 20.8 Å². The fourth-order valence-electron chi connectivity index (χ4n) is 2.54. The summed E-state index contributed by atoms with van der Waals surface area (Å²) in [6.45, 7) is 1.86. The number of benzene rings is 1. The molecular weight excluding hydrogens is 368 g/mol. The van der Waals surface area contributed by atoms with Crippen LogP contribution in [0.3, 0.4) is 0 Å². The Morgan fingerprint density at radius 3 is 2.62 bits per heavy atom. The predicted molar refractivity (Wildman–Crippen MR) is 104 cm³/mol. The van der Waals surface area contributed by atoms with Crippen LogP contribution in [-0.4, -0.2) is 28.0 Å². The van der Waals surface area contributed by atoms with Crippen molar-refractivity contribution >= 4 is 43.9 Å². The normalized spacial score (nSPS) is 10.8. The highest BCUT2D eigenvalue weighted by atomic mass is 32.1. The number of pyridine rings is 1. The van der Waals surface area contributed by atoms with Crippen molar-refractivity contribution in [1.29, 1.82) is 0 Å². The first-order valence-corrected chi connectivity index (χ1v) is 9.41. The Labute approximate surface area is 157 Å². The highest BCUT2D eigenvalue weighted by Crippen LogP contribution is 2.38. The third-order valence-electron chi connectivity index (χ3n) is 3.73. The maximum absolute atomic E-state index is 12.4. The molecule has 1 amide bonds. The molecule has 1 N–H and O–H groups in total. The number of carbonyl (C=O) groups is 1. The maximum atomic E-state index is 12.4. The smallest absolute Gasteiger partial charge is 0.269 e. The first-order valence-electron chi connectivity index (χ1n) is 7.78. The Morgan fingerprint density at radius 1 is 1.12 bits per heavy atom. The van der Waals surface area contributed by atoms with E-state index in [-0.39, 0.29) is 5.91 Å². The van der Waals surface area contributed by atoms with Gasteiger partial charge in [0.15, 0.2) is 5.13 Å². The van der Waals surface area contributed by atoms with Gasteiger partial charge >= 0.3 is 0 Å². The molecule has 0 spiro atoms. The van der Waals surface area contributed by atoms with Crippen molar-refractivity contribution in [2.75, 3.05) is 12.4 Å². The number of carbonyl (C=O) groups excluding carboxylic acids is 1. The number of amides is 1. The molecule has 0 bridgehead atoms. The van der Waals surface area contributed by atoms with E-state index < -0.39 is 0 Å². The number of aryl methyl sites for hydroxylation is 1. The van der Waals surface area contributed by atoms with E-state index in [2.05, 4.69) is 20.3 Å². The van der Waals surface area contributed by atoms with Gasteiger partial charge in [-0.3, -0.25) is 10.1 Å². The summed E-state index contributed by atoms with van der Waals surface area (Å²) in [5.74, 6) is 0.216. The van der Waals surface area contributed by atoms with Gasteiger partial charge in [0.05, 0.1) is 23.0 Å². The van der Waals surface area contributed by atoms with Gasteiger partial charge in [-0.15, -0.1) is 11.3 Å². The van der Waals surface area contributed by atoms with Crippen LogP contribution in [0.1, 0.15) is 14.7 Å². The molecule has 130 valence electrons. The molecule has 0 aliphatic heterocycles. The molecule has 6 nitrogen and oxygen atoms in total. The third kappa shape index (κ3) is 3.04. The van der Waals surface area contributed by atoms with Crippen molar-refractivity contribution in [2.24, 2.45) is 0 Å². The first-order chi connectivity index (χ1) is 12.7. The Hall–Kier alpha value is -2.84. The number of nitrogens with zero attached hydrogens (tertiary/aromatic N) is 3. The second-order valence-electron chi connectivity index (χ2n) is 5.44. The molecule has 0 saturated carbocycles. The summed E-state index contributed by atoms with van der Waals surface area (Å²) in [5.41, 5.74) is 2.62. The monoisotopic (exact) mass is 382 g/mol. The zero-order valence-corrected chi connectivity index (χ0v) is 15.6. The largest absolute Gasteiger partial charge is 0.479 e. The molecule has 4 aromatic rings. The van der Waals surface area contributed by atoms with E-state index in [0.29, 0.717) is 21.4 Å². The highest BCUT2D eigenvalue weighted by molar-refractivity contribution is 7.23. The molecule has 0 fully saturated rings. The highest BCUT2D eigenvalue weighted by Gasteiger charge is 2.18. The van der Waals surface area contributed by atoms with Gasteiger partial charge in [-0.2, -0.15) is 0 Å². The second-order valence-corrected chi connectivity index (χ2v) is 7.68. The number of ether oxygens (including phenoxy) is 1. The van der Waals surface area contributed by atoms with Crippen LogP contribution in [0.4, 0.5) is 5.13 Å². The molecule has 26 heavy (non-hydrogen) atoms. The lowest BCUT2D eigenvalue weighted by Crippen LogP contribution is -2.09. The van der Waals surface area contributed by atoms with Gasteiger partial charge in [0.1, 0.15) is 10.4 Å². The van der Waals surface area contributed by atoms with Crippen LogP contribution in [0.2, 0.25) is 0 Å². The molecule has 0 radical (unpaired) electrons. The molecule has 3 aromatic heterocycles. The van der Waals surface area contributed by atoms with Crippen molar-refractivity contribution in [3.05, 3.63) is 52.6 Å². The Kier molecular flexibility index (Phi) is 4.36. The number of nitrogens with one attached hydrogen (secondary N) is 1. The van der Waals surface area contributed by atoms with Gasteiger partial charge < -0.3 is 4.74 Å². The molecule has 3 heterocycles. The van der Waals surface area contributed by atoms with Crippen LogP contribution in [0.15, 0.2) is 42.7 Å². The van der Waals surface area contributed by atoms with Crippen LogP contribution in [0, 0.1) is 6.92 Å². The number of anilines is 1. The standard InChI is InChI=1S/C18H14N4O2S2/c1-10-19-9-13(25-10)16(23)22-18-21-14-15(26-18)12(8-20-17(14)24-2)11-6-4-3-5-7-11/h3-9H,1-2H3,(H,21,22,23). The molecule has 8 heteroatoms. The third-order valence-corrected chi connectivity index (χ3v) is 5.64. The molecule has 0 atom stereocenters. The van der Waals surface area contributed by atoms with Crippen molar-refractivity contribution in [2.45, 2.75) is 6.92 Å². The molecule has 4 rings (SSSR count). The van der Waals surface area contributed by atoms with Crippen molar-refractivity contribution < 1.29 is 9.53 Å². The summed E-state index contributed by atoms with van der Waals surface area (Å²) >= 11 is 2.75. The molecule has 0 saturated heterocycles. The quantitative estimate of drug-likeness (QED) is 0.567. The SMILES string of the molecule is COc1ncc(-c2ccccc2)c2sc(NC(=O)c3cnc(C)s3)nc12. The molecule has 0 aliphatic rings. The van der Waals surface area contributed by atoms with Crippen LogP contribution >= 0.6 is 22.7 Å². The van der Waals surface area contributed by atoms with Gasteiger partial charge in [0.25, 0.3) is 5.91 Å². The fraction of sp³-hybridized carbons (Fsp3) is 0.111. The minimum Gasteiger partial charge on any atom is -0.479 e. The summed E-state index contributed by atoms with van der Waals surface area (Å²) in [5, 5.41) is 4.19. The lowest BCUT2D eigenvalue weighted by Gasteiger charge is -2.04. The Balaban J connectivity index is 1.76. The van der Waals surface area contributed by atoms with Crippen molar-refractivity contribution in [3.63, 3.8) is 0 Å². The zero-order chi connectivity index (χ0) is 18.1. The maximum Gasteiger partial charge on any atom is 0.269 e. The predicted octanol–water partition coefficient (Wildman–Crippen LogP) is 4.38. The number of aromatic nitrogens is 3. The molecular formula is C18H14N4O2S2. The lowest BCUT2D eigenvalue weighted by atomic mass is 10.1. The fourth-order valence-corrected chi connectivity index (χ4v) is 4.20. The van der Waals surface area contributed by atoms with Crippen LogP contribution < -0.4 is 10.1 Å². The van der Waals surface area contributed by atoms with Gasteiger partial charge in [-0.25, -0.2) is 15.0 Å². The molecule has 0 unspecified atom stereocenters. The summed E-state index contributed by atoms with van der Waals surface area (Å²) in [6, 6.07) is 9.94. The number of rotatable bonds is 4. The number of hydrogen-bond donors (Lipinski definition) is 1. The topological polar surface area (TPSA) is 77.0 Å². The van der Waals surface area contributed by atoms with Crippen LogP contribution in [0.25, 0.3) is 21.3 Å². The second kappa shape index (κ2) is 6.81. The van der Waals surface area contributed by atoms with Gasteiger partial charge in [-0.1, -0.05) is 41.7 Å². The van der Waals surface area contributed by atoms with Gasteiger partial charge in [0.2, 0.25) is 5.88 Å². The summed E-state index contributed by atoms with van der Waals surface area (Å²) in [4.78, 5) is 25.9. The number of hydrogen-bond acceptors (Lipinski definition) is 7. The zero-order valence-electron chi connectivity index (χ0n) is 14.0. The lowest BCUT2D eigenvalue weighted by molar-refractivity contribution is 0.103. The Morgan fingerprint density at radius 2 is 1.92 bits per heavy atom. The van der Waals surface area contributed by atoms with Crippen LogP contribution in [0.5, 0.6) is 5.88 Å². The number of methoxy groups -OCH3 is 1. The first kappa shape index (κ1) is 16.6. The van der Waals surface area contributed by atoms with Crippen molar-refractivity contribution in [1.82, 2.24) is 15.0 Å². The molecule has 0 aliphatic carbocycles. The van der Waals surface area contributed by atoms with Crippen molar-refractivity contribution in [3.8, 4) is 17.0 Å². The average molecular weight is 382 g/mol. The molecule has 1 aromatic carbocycles. The minimum absolute atomic E-state index is 0.220. The number of thiazole rings is 2. The van der Waals surface area contributed by atoms with E-state index >= 15 is 0 Å². The Bertz CT molecular complexity index is 1090. The van der Waals surface area contributed by atoms with E-state index in [1.807, 2.05) is 37.3 Å². The minimum atomic E-state index is -0.220. The summed E-state index contributed by atoms with van der Waals surface area (Å²) in [6.07, 6.45) is 3.34. The number of fused-ring (bicyclic) bond motifs is 1. The van der Waals surface area contributed by atoms with Crippen LogP contribution in [-0.2, 0) is 0 Å². The average Bonchev–Trinajstić information content (AvgIpc) is 3.27. The van der Waals surface area contributed by atoms with Gasteiger partial charge in [-0.05, 0) is 12.5 Å². The van der Waals surface area contributed by atoms with E-state index in [1.165, 1.54) is 22.7 Å². The summed E-state index contributed by atoms with van der Waals surface area (Å²) < 4.78 is 6.25.